The standard InChI is InChI=1S/C21H21N5O4S2/c1-30-14-6-7-15-18(12-14)32-21(22-15)24-20(31)23-19(27)13-5-8-16(17(11-13)26(28)29)25-9-3-2-4-10-25/h5-8,11-12H,2-4,9-10H2,1H3,(H2,22,23,24,27,31). The molecule has 1 aromatic heterocycles. The van der Waals surface area contributed by atoms with Crippen LogP contribution in [0.1, 0.15) is 29.6 Å². The quantitative estimate of drug-likeness (QED) is 0.321. The summed E-state index contributed by atoms with van der Waals surface area (Å²) in [6.45, 7) is 1.54. The van der Waals surface area contributed by atoms with E-state index in [1.54, 1.807) is 19.2 Å². The van der Waals surface area contributed by atoms with Crippen molar-refractivity contribution in [3.63, 3.8) is 0 Å². The number of nitrogens with one attached hydrogen (secondary N) is 2. The van der Waals surface area contributed by atoms with Gasteiger partial charge in [-0.05, 0) is 61.8 Å². The molecule has 0 aliphatic carbocycles. The minimum Gasteiger partial charge on any atom is -0.497 e. The van der Waals surface area contributed by atoms with Crippen molar-refractivity contribution in [2.75, 3.05) is 30.4 Å². The minimum atomic E-state index is -0.529. The topological polar surface area (TPSA) is 110 Å². The van der Waals surface area contributed by atoms with E-state index in [0.29, 0.717) is 10.8 Å². The van der Waals surface area contributed by atoms with E-state index in [4.69, 9.17) is 17.0 Å². The number of nitro groups is 1. The Balaban J connectivity index is 1.46. The third kappa shape index (κ3) is 4.78. The lowest BCUT2D eigenvalue weighted by molar-refractivity contribution is -0.384. The molecular formula is C21H21N5O4S2. The molecule has 11 heteroatoms. The second-order valence-corrected chi connectivity index (χ2v) is 8.71. The molecule has 0 bridgehead atoms. The summed E-state index contributed by atoms with van der Waals surface area (Å²) in [6, 6.07) is 10.0. The average Bonchev–Trinajstić information content (AvgIpc) is 3.20. The number of rotatable bonds is 5. The number of nitrogens with zero attached hydrogens (tertiary/aromatic N) is 3. The van der Waals surface area contributed by atoms with Crippen LogP contribution in [0.3, 0.4) is 0 Å². The van der Waals surface area contributed by atoms with Gasteiger partial charge in [0, 0.05) is 24.7 Å². The molecule has 2 heterocycles. The maximum absolute atomic E-state index is 12.7. The highest BCUT2D eigenvalue weighted by molar-refractivity contribution is 7.80. The number of ether oxygens (including phenoxy) is 1. The van der Waals surface area contributed by atoms with Crippen LogP contribution in [0.25, 0.3) is 10.2 Å². The summed E-state index contributed by atoms with van der Waals surface area (Å²) in [5.41, 5.74) is 1.39. The van der Waals surface area contributed by atoms with Gasteiger partial charge in [0.1, 0.15) is 11.4 Å². The van der Waals surface area contributed by atoms with Gasteiger partial charge in [-0.25, -0.2) is 4.98 Å². The van der Waals surface area contributed by atoms with Gasteiger partial charge in [0.05, 0.1) is 22.2 Å². The van der Waals surface area contributed by atoms with Crippen LogP contribution in [-0.4, -0.2) is 41.1 Å². The average molecular weight is 472 g/mol. The predicted molar refractivity (Wildman–Crippen MR) is 129 cm³/mol. The zero-order valence-corrected chi connectivity index (χ0v) is 18.9. The first-order chi connectivity index (χ1) is 15.4. The molecule has 1 fully saturated rings. The first-order valence-corrected chi connectivity index (χ1v) is 11.3. The highest BCUT2D eigenvalue weighted by atomic mass is 32.1. The van der Waals surface area contributed by atoms with Gasteiger partial charge >= 0.3 is 0 Å². The van der Waals surface area contributed by atoms with Crippen LogP contribution in [0, 0.1) is 10.1 Å². The van der Waals surface area contributed by atoms with E-state index in [-0.39, 0.29) is 16.4 Å². The fourth-order valence-electron chi connectivity index (χ4n) is 3.60. The van der Waals surface area contributed by atoms with Crippen molar-refractivity contribution in [1.29, 1.82) is 0 Å². The van der Waals surface area contributed by atoms with Crippen LogP contribution in [0.5, 0.6) is 5.75 Å². The van der Waals surface area contributed by atoms with Crippen LogP contribution >= 0.6 is 23.6 Å². The first-order valence-electron chi connectivity index (χ1n) is 10.0. The van der Waals surface area contributed by atoms with Crippen LogP contribution in [0.2, 0.25) is 0 Å². The summed E-state index contributed by atoms with van der Waals surface area (Å²) in [7, 11) is 1.59. The van der Waals surface area contributed by atoms with Gasteiger partial charge in [0.25, 0.3) is 11.6 Å². The number of hydrogen-bond acceptors (Lipinski definition) is 8. The maximum atomic E-state index is 12.7. The lowest BCUT2D eigenvalue weighted by Gasteiger charge is -2.28. The van der Waals surface area contributed by atoms with E-state index < -0.39 is 10.8 Å². The van der Waals surface area contributed by atoms with Gasteiger partial charge in [0.15, 0.2) is 10.2 Å². The molecule has 0 atom stereocenters. The Kier molecular flexibility index (Phi) is 6.47. The van der Waals surface area contributed by atoms with Crippen LogP contribution in [-0.2, 0) is 0 Å². The second-order valence-electron chi connectivity index (χ2n) is 7.27. The van der Waals surface area contributed by atoms with Gasteiger partial charge in [0.2, 0.25) is 0 Å². The van der Waals surface area contributed by atoms with E-state index in [9.17, 15) is 14.9 Å². The normalized spacial score (nSPS) is 13.6. The monoisotopic (exact) mass is 471 g/mol. The maximum Gasteiger partial charge on any atom is 0.293 e. The number of fused-ring (bicyclic) bond motifs is 1. The summed E-state index contributed by atoms with van der Waals surface area (Å²) in [5.74, 6) is 0.191. The number of carbonyl (C=O) groups is 1. The largest absolute Gasteiger partial charge is 0.497 e. The van der Waals surface area contributed by atoms with Gasteiger partial charge in [-0.2, -0.15) is 0 Å². The highest BCUT2D eigenvalue weighted by Crippen LogP contribution is 2.32. The van der Waals surface area contributed by atoms with Crippen LogP contribution in [0.4, 0.5) is 16.5 Å². The van der Waals surface area contributed by atoms with E-state index in [0.717, 1.165) is 48.3 Å². The third-order valence-electron chi connectivity index (χ3n) is 5.17. The molecule has 0 saturated carbocycles. The fourth-order valence-corrected chi connectivity index (χ4v) is 4.75. The molecule has 166 valence electrons. The second kappa shape index (κ2) is 9.45. The van der Waals surface area contributed by atoms with Gasteiger partial charge in [-0.1, -0.05) is 11.3 Å². The SMILES string of the molecule is COc1ccc2nc(NC(=S)NC(=O)c3ccc(N4CCCCC4)c([N+](=O)[O-])c3)sc2c1. The fraction of sp³-hybridized carbons (Fsp3) is 0.286. The van der Waals surface area contributed by atoms with Crippen molar-refractivity contribution in [1.82, 2.24) is 10.3 Å². The molecule has 3 aromatic rings. The number of carbonyl (C=O) groups excluding carboxylic acids is 1. The summed E-state index contributed by atoms with van der Waals surface area (Å²) >= 11 is 6.60. The number of anilines is 2. The van der Waals surface area contributed by atoms with E-state index in [2.05, 4.69) is 15.6 Å². The van der Waals surface area contributed by atoms with Crippen molar-refractivity contribution >= 4 is 61.3 Å². The van der Waals surface area contributed by atoms with E-state index in [1.807, 2.05) is 23.1 Å². The van der Waals surface area contributed by atoms with Crippen molar-refractivity contribution < 1.29 is 14.5 Å². The highest BCUT2D eigenvalue weighted by Gasteiger charge is 2.23. The third-order valence-corrected chi connectivity index (χ3v) is 6.31. The number of nitro benzene ring substituents is 1. The lowest BCUT2D eigenvalue weighted by atomic mass is 10.1. The van der Waals surface area contributed by atoms with Crippen LogP contribution < -0.4 is 20.3 Å². The Morgan fingerprint density at radius 1 is 1.22 bits per heavy atom. The molecule has 1 aliphatic heterocycles. The Labute approximate surface area is 193 Å². The molecule has 2 N–H and O–H groups in total. The summed E-state index contributed by atoms with van der Waals surface area (Å²) in [5, 5.41) is 17.7. The summed E-state index contributed by atoms with van der Waals surface area (Å²) in [4.78, 5) is 30.3. The molecule has 0 spiro atoms. The van der Waals surface area contributed by atoms with Gasteiger partial charge < -0.3 is 15.0 Å². The number of amides is 1. The number of benzene rings is 2. The number of piperidine rings is 1. The Hall–Kier alpha value is -3.31. The predicted octanol–water partition coefficient (Wildman–Crippen LogP) is 4.33. The number of thiocarbonyl (C=S) groups is 1. The molecule has 1 amide bonds. The van der Waals surface area contributed by atoms with Gasteiger partial charge in [-0.3, -0.25) is 20.2 Å². The Morgan fingerprint density at radius 3 is 2.72 bits per heavy atom. The summed E-state index contributed by atoms with van der Waals surface area (Å²) in [6.07, 6.45) is 3.12. The molecule has 0 radical (unpaired) electrons. The molecule has 4 rings (SSSR count). The lowest BCUT2D eigenvalue weighted by Crippen LogP contribution is -2.34. The minimum absolute atomic E-state index is 0.0591. The Morgan fingerprint density at radius 2 is 2.00 bits per heavy atom. The van der Waals surface area contributed by atoms with Crippen molar-refractivity contribution in [2.24, 2.45) is 0 Å². The number of thiazole rings is 1. The molecule has 9 nitrogen and oxygen atoms in total. The van der Waals surface area contributed by atoms with E-state index >= 15 is 0 Å². The van der Waals surface area contributed by atoms with Gasteiger partial charge in [-0.15, -0.1) is 0 Å². The van der Waals surface area contributed by atoms with E-state index in [1.165, 1.54) is 17.4 Å². The number of aromatic nitrogens is 1. The van der Waals surface area contributed by atoms with Crippen molar-refractivity contribution in [3.8, 4) is 5.75 Å². The number of hydrogen-bond donors (Lipinski definition) is 2. The van der Waals surface area contributed by atoms with Crippen LogP contribution in [0.15, 0.2) is 36.4 Å². The molecule has 2 aromatic carbocycles. The smallest absolute Gasteiger partial charge is 0.293 e. The summed E-state index contributed by atoms with van der Waals surface area (Å²) < 4.78 is 6.12. The number of methoxy groups -OCH3 is 1. The first kappa shape index (κ1) is 21.9. The molecule has 32 heavy (non-hydrogen) atoms. The zero-order chi connectivity index (χ0) is 22.7. The molecule has 1 saturated heterocycles. The molecule has 0 unspecified atom stereocenters. The zero-order valence-electron chi connectivity index (χ0n) is 17.3. The molecular weight excluding hydrogens is 450 g/mol. The van der Waals surface area contributed by atoms with Crippen molar-refractivity contribution in [3.05, 3.63) is 52.1 Å². The Bertz CT molecular complexity index is 1190. The molecule has 1 aliphatic rings. The van der Waals surface area contributed by atoms with Crippen molar-refractivity contribution in [2.45, 2.75) is 19.3 Å².